The molecule has 0 aliphatic carbocycles. The molecule has 0 saturated heterocycles. The Morgan fingerprint density at radius 3 is 2.51 bits per heavy atom. The molecule has 35 heavy (non-hydrogen) atoms. The van der Waals surface area contributed by atoms with E-state index in [9.17, 15) is 9.59 Å². The van der Waals surface area contributed by atoms with Crippen LogP contribution in [0.15, 0.2) is 84.4 Å². The molecule has 0 aliphatic heterocycles. The van der Waals surface area contributed by atoms with E-state index < -0.39 is 11.9 Å². The van der Waals surface area contributed by atoms with E-state index in [1.807, 2.05) is 89.9 Å². The predicted molar refractivity (Wildman–Crippen MR) is 140 cm³/mol. The third kappa shape index (κ3) is 6.68. The highest BCUT2D eigenvalue weighted by atomic mass is 32.1. The van der Waals surface area contributed by atoms with Crippen LogP contribution < -0.4 is 10.2 Å². The monoisotopic (exact) mass is 486 g/mol. The topological polar surface area (TPSA) is 76.5 Å². The van der Waals surface area contributed by atoms with Crippen molar-refractivity contribution in [3.63, 3.8) is 0 Å². The van der Waals surface area contributed by atoms with Gasteiger partial charge < -0.3 is 15.0 Å². The Kier molecular flexibility index (Phi) is 7.74. The van der Waals surface area contributed by atoms with Crippen molar-refractivity contribution in [2.24, 2.45) is 0 Å². The Labute approximate surface area is 208 Å². The molecule has 7 nitrogen and oxygen atoms in total. The fourth-order valence-electron chi connectivity index (χ4n) is 3.40. The van der Waals surface area contributed by atoms with E-state index in [1.165, 1.54) is 6.08 Å². The number of aromatic nitrogens is 2. The number of amides is 1. The number of thiophene rings is 1. The maximum atomic E-state index is 12.3. The predicted octanol–water partition coefficient (Wildman–Crippen LogP) is 4.92. The number of hydrogen-bond acceptors (Lipinski definition) is 6. The van der Waals surface area contributed by atoms with Gasteiger partial charge in [0.25, 0.3) is 5.91 Å². The quantitative estimate of drug-likeness (QED) is 0.268. The lowest BCUT2D eigenvalue weighted by atomic mass is 10.2. The Morgan fingerprint density at radius 1 is 1.06 bits per heavy atom. The molecular formula is C27H26N4O3S. The molecule has 0 unspecified atom stereocenters. The lowest BCUT2D eigenvalue weighted by molar-refractivity contribution is -0.142. The minimum Gasteiger partial charge on any atom is -0.452 e. The van der Waals surface area contributed by atoms with Gasteiger partial charge in [0.15, 0.2) is 6.61 Å². The standard InChI is InChI=1S/C27H26N4O3S/c1-30(2)23-13-11-22(12-14-23)28-25(32)19-34-26(33)15-10-21-18-31(17-20-7-4-3-5-8-20)29-27(21)24-9-6-16-35-24/h3-16,18H,17,19H2,1-2H3,(H,28,32)/b15-10+. The molecule has 1 amide bonds. The number of benzene rings is 2. The molecule has 2 heterocycles. The second-order valence-electron chi connectivity index (χ2n) is 8.02. The first-order chi connectivity index (χ1) is 17.0. The Bertz CT molecular complexity index is 1290. The smallest absolute Gasteiger partial charge is 0.331 e. The summed E-state index contributed by atoms with van der Waals surface area (Å²) in [7, 11) is 3.89. The van der Waals surface area contributed by atoms with E-state index >= 15 is 0 Å². The first-order valence-electron chi connectivity index (χ1n) is 11.1. The zero-order valence-electron chi connectivity index (χ0n) is 19.5. The minimum atomic E-state index is -0.601. The average molecular weight is 487 g/mol. The van der Waals surface area contributed by atoms with E-state index in [2.05, 4.69) is 5.32 Å². The summed E-state index contributed by atoms with van der Waals surface area (Å²) < 4.78 is 6.97. The van der Waals surface area contributed by atoms with Crippen molar-refractivity contribution in [1.82, 2.24) is 9.78 Å². The fraction of sp³-hybridized carbons (Fsp3) is 0.148. The van der Waals surface area contributed by atoms with Gasteiger partial charge in [-0.05, 0) is 47.4 Å². The summed E-state index contributed by atoms with van der Waals surface area (Å²) in [6, 6.07) is 21.4. The molecule has 2 aromatic carbocycles. The second kappa shape index (κ2) is 11.3. The number of carbonyl (C=O) groups is 2. The van der Waals surface area contributed by atoms with Gasteiger partial charge in [0, 0.05) is 43.3 Å². The van der Waals surface area contributed by atoms with Crippen LogP contribution >= 0.6 is 11.3 Å². The van der Waals surface area contributed by atoms with Gasteiger partial charge in [-0.2, -0.15) is 5.10 Å². The number of carbonyl (C=O) groups excluding carboxylic acids is 2. The van der Waals surface area contributed by atoms with Crippen LogP contribution in [0.25, 0.3) is 16.6 Å². The summed E-state index contributed by atoms with van der Waals surface area (Å²) in [4.78, 5) is 27.4. The Morgan fingerprint density at radius 2 is 1.83 bits per heavy atom. The van der Waals surface area contributed by atoms with Gasteiger partial charge in [0.05, 0.1) is 11.4 Å². The number of anilines is 2. The van der Waals surface area contributed by atoms with Crippen molar-refractivity contribution in [3.05, 3.63) is 95.5 Å². The minimum absolute atomic E-state index is 0.371. The van der Waals surface area contributed by atoms with Crippen molar-refractivity contribution in [3.8, 4) is 10.6 Å². The maximum Gasteiger partial charge on any atom is 0.331 e. The van der Waals surface area contributed by atoms with Crippen LogP contribution in [0.2, 0.25) is 0 Å². The summed E-state index contributed by atoms with van der Waals surface area (Å²) >= 11 is 1.58. The number of nitrogens with one attached hydrogen (secondary N) is 1. The lowest BCUT2D eigenvalue weighted by Gasteiger charge is -2.13. The van der Waals surface area contributed by atoms with E-state index in [4.69, 9.17) is 9.84 Å². The zero-order valence-corrected chi connectivity index (χ0v) is 20.4. The Hall–Kier alpha value is -4.17. The zero-order chi connectivity index (χ0) is 24.6. The highest BCUT2D eigenvalue weighted by Gasteiger charge is 2.12. The highest BCUT2D eigenvalue weighted by molar-refractivity contribution is 7.13. The molecule has 0 bridgehead atoms. The van der Waals surface area contributed by atoms with Crippen LogP contribution in [-0.2, 0) is 20.9 Å². The number of nitrogens with zero attached hydrogens (tertiary/aromatic N) is 3. The molecule has 2 aromatic heterocycles. The molecular weight excluding hydrogens is 460 g/mol. The largest absolute Gasteiger partial charge is 0.452 e. The normalized spacial score (nSPS) is 10.9. The molecule has 0 atom stereocenters. The van der Waals surface area contributed by atoms with E-state index in [0.29, 0.717) is 12.2 Å². The SMILES string of the molecule is CN(C)c1ccc(NC(=O)COC(=O)/C=C/c2cn(Cc3ccccc3)nc2-c2cccs2)cc1. The van der Waals surface area contributed by atoms with Crippen LogP contribution in [0, 0.1) is 0 Å². The molecule has 0 aliphatic rings. The molecule has 0 fully saturated rings. The third-order valence-corrected chi connectivity index (χ3v) is 6.02. The lowest BCUT2D eigenvalue weighted by Crippen LogP contribution is -2.20. The summed E-state index contributed by atoms with van der Waals surface area (Å²) in [6.07, 6.45) is 4.89. The molecule has 178 valence electrons. The Balaban J connectivity index is 1.37. The van der Waals surface area contributed by atoms with Gasteiger partial charge in [0.1, 0.15) is 5.69 Å². The van der Waals surface area contributed by atoms with Gasteiger partial charge in [0.2, 0.25) is 0 Å². The number of esters is 1. The summed E-state index contributed by atoms with van der Waals surface area (Å²) in [6.45, 7) is 0.247. The third-order valence-electron chi connectivity index (χ3n) is 5.14. The van der Waals surface area contributed by atoms with E-state index in [0.717, 1.165) is 27.4 Å². The van der Waals surface area contributed by atoms with Crippen LogP contribution in [-0.4, -0.2) is 42.4 Å². The molecule has 1 N–H and O–H groups in total. The number of hydrogen-bond donors (Lipinski definition) is 1. The first kappa shape index (κ1) is 24.0. The second-order valence-corrected chi connectivity index (χ2v) is 8.97. The van der Waals surface area contributed by atoms with Gasteiger partial charge in [-0.15, -0.1) is 11.3 Å². The van der Waals surface area contributed by atoms with Gasteiger partial charge >= 0.3 is 5.97 Å². The van der Waals surface area contributed by atoms with E-state index in [1.54, 1.807) is 29.5 Å². The number of rotatable bonds is 9. The van der Waals surface area contributed by atoms with Crippen LogP contribution in [0.3, 0.4) is 0 Å². The van der Waals surface area contributed by atoms with Crippen molar-refractivity contribution in [2.75, 3.05) is 30.9 Å². The number of ether oxygens (including phenoxy) is 1. The van der Waals surface area contributed by atoms with Crippen LogP contribution in [0.5, 0.6) is 0 Å². The van der Waals surface area contributed by atoms with E-state index in [-0.39, 0.29) is 6.61 Å². The van der Waals surface area contributed by atoms with Crippen LogP contribution in [0.1, 0.15) is 11.1 Å². The van der Waals surface area contributed by atoms with Crippen molar-refractivity contribution in [2.45, 2.75) is 6.54 Å². The summed E-state index contributed by atoms with van der Waals surface area (Å²) in [5, 5.41) is 9.43. The van der Waals surface area contributed by atoms with Gasteiger partial charge in [-0.3, -0.25) is 9.48 Å². The summed E-state index contributed by atoms with van der Waals surface area (Å²) in [5.41, 5.74) is 4.38. The van der Waals surface area contributed by atoms with Crippen LogP contribution in [0.4, 0.5) is 11.4 Å². The molecule has 4 aromatic rings. The van der Waals surface area contributed by atoms with Crippen molar-refractivity contribution < 1.29 is 14.3 Å². The van der Waals surface area contributed by atoms with Crippen molar-refractivity contribution in [1.29, 1.82) is 0 Å². The summed E-state index contributed by atoms with van der Waals surface area (Å²) in [5.74, 6) is -1.00. The van der Waals surface area contributed by atoms with Gasteiger partial charge in [-0.25, -0.2) is 4.79 Å². The molecule has 0 spiro atoms. The average Bonchev–Trinajstić information content (AvgIpc) is 3.52. The molecule has 4 rings (SSSR count). The maximum absolute atomic E-state index is 12.3. The molecule has 0 saturated carbocycles. The molecule has 0 radical (unpaired) electrons. The first-order valence-corrected chi connectivity index (χ1v) is 11.9. The van der Waals surface area contributed by atoms with Gasteiger partial charge in [-0.1, -0.05) is 36.4 Å². The fourth-order valence-corrected chi connectivity index (χ4v) is 4.13. The van der Waals surface area contributed by atoms with Crippen molar-refractivity contribution >= 4 is 40.7 Å². The molecule has 8 heteroatoms. The highest BCUT2D eigenvalue weighted by Crippen LogP contribution is 2.28.